The topological polar surface area (TPSA) is 69.2 Å². The second-order valence-corrected chi connectivity index (χ2v) is 6.08. The van der Waals surface area contributed by atoms with E-state index in [2.05, 4.69) is 27.4 Å². The van der Waals surface area contributed by atoms with Gasteiger partial charge in [0.05, 0.1) is 6.04 Å². The smallest absolute Gasteiger partial charge is 0.231 e. The molecule has 0 bridgehead atoms. The maximum absolute atomic E-state index is 5.42. The van der Waals surface area contributed by atoms with Crippen LogP contribution >= 0.6 is 11.3 Å². The van der Waals surface area contributed by atoms with Crippen LogP contribution in [-0.2, 0) is 0 Å². The summed E-state index contributed by atoms with van der Waals surface area (Å²) in [7, 11) is 0. The normalized spacial score (nSPS) is 13.8. The maximum atomic E-state index is 5.42. The van der Waals surface area contributed by atoms with Crippen molar-refractivity contribution in [3.63, 3.8) is 0 Å². The van der Waals surface area contributed by atoms with E-state index < -0.39 is 0 Å². The lowest BCUT2D eigenvalue weighted by molar-refractivity contribution is 0.174. The number of rotatable bonds is 4. The van der Waals surface area contributed by atoms with E-state index >= 15 is 0 Å². The number of hydrogen-bond acceptors (Lipinski definition) is 7. The van der Waals surface area contributed by atoms with Gasteiger partial charge in [0, 0.05) is 6.20 Å². The molecule has 0 aliphatic carbocycles. The summed E-state index contributed by atoms with van der Waals surface area (Å²) < 4.78 is 10.8. The van der Waals surface area contributed by atoms with Gasteiger partial charge in [-0.2, -0.15) is 0 Å². The number of ether oxygens (including phenoxy) is 2. The van der Waals surface area contributed by atoms with Crippen LogP contribution in [0.3, 0.4) is 0 Å². The molecule has 1 aliphatic heterocycles. The Morgan fingerprint density at radius 2 is 2.04 bits per heavy atom. The molecule has 0 saturated carbocycles. The van der Waals surface area contributed by atoms with Crippen molar-refractivity contribution in [2.24, 2.45) is 0 Å². The Labute approximate surface area is 137 Å². The van der Waals surface area contributed by atoms with E-state index in [1.54, 1.807) is 6.20 Å². The molecule has 3 heterocycles. The zero-order valence-corrected chi connectivity index (χ0v) is 13.2. The van der Waals surface area contributed by atoms with Crippen molar-refractivity contribution in [1.29, 1.82) is 0 Å². The highest BCUT2D eigenvalue weighted by atomic mass is 32.1. The molecule has 1 aromatic carbocycles. The average Bonchev–Trinajstić information content (AvgIpc) is 3.24. The number of nitrogens with one attached hydrogen (secondary N) is 1. The van der Waals surface area contributed by atoms with Crippen LogP contribution in [0.1, 0.15) is 18.5 Å². The molecule has 4 rings (SSSR count). The first-order valence-corrected chi connectivity index (χ1v) is 8.02. The first-order chi connectivity index (χ1) is 11.3. The molecule has 1 atom stereocenters. The van der Waals surface area contributed by atoms with E-state index in [4.69, 9.17) is 9.47 Å². The van der Waals surface area contributed by atoms with Gasteiger partial charge in [0.1, 0.15) is 5.69 Å². The molecule has 0 spiro atoms. The average molecular weight is 326 g/mol. The highest BCUT2D eigenvalue weighted by Gasteiger charge is 2.17. The van der Waals surface area contributed by atoms with Crippen molar-refractivity contribution in [3.8, 4) is 22.2 Å². The lowest BCUT2D eigenvalue weighted by Gasteiger charge is -2.13. The van der Waals surface area contributed by atoms with Gasteiger partial charge in [-0.3, -0.25) is 4.98 Å². The zero-order chi connectivity index (χ0) is 15.6. The molecule has 1 unspecified atom stereocenters. The molecule has 0 radical (unpaired) electrons. The molecule has 7 heteroatoms. The van der Waals surface area contributed by atoms with E-state index in [9.17, 15) is 0 Å². The quantitative estimate of drug-likeness (QED) is 0.791. The molecule has 0 saturated heterocycles. The number of pyridine rings is 1. The fraction of sp³-hybridized carbons (Fsp3) is 0.188. The van der Waals surface area contributed by atoms with Crippen LogP contribution in [0.2, 0.25) is 0 Å². The number of hydrogen-bond donors (Lipinski definition) is 1. The van der Waals surface area contributed by atoms with Gasteiger partial charge in [0.25, 0.3) is 0 Å². The van der Waals surface area contributed by atoms with E-state index in [1.165, 1.54) is 11.3 Å². The van der Waals surface area contributed by atoms with Crippen molar-refractivity contribution in [2.75, 3.05) is 12.1 Å². The number of anilines is 1. The Kier molecular flexibility index (Phi) is 3.55. The largest absolute Gasteiger partial charge is 0.454 e. The molecular weight excluding hydrogens is 312 g/mol. The molecule has 3 aromatic rings. The first kappa shape index (κ1) is 14.0. The summed E-state index contributed by atoms with van der Waals surface area (Å²) in [5.41, 5.74) is 1.93. The van der Waals surface area contributed by atoms with Crippen LogP contribution in [0, 0.1) is 0 Å². The Morgan fingerprint density at radius 1 is 1.13 bits per heavy atom. The Bertz CT molecular complexity index is 822. The minimum atomic E-state index is 0.0778. The van der Waals surface area contributed by atoms with Gasteiger partial charge in [-0.1, -0.05) is 23.5 Å². The predicted molar refractivity (Wildman–Crippen MR) is 87.7 cm³/mol. The van der Waals surface area contributed by atoms with Crippen LogP contribution in [0.4, 0.5) is 5.13 Å². The monoisotopic (exact) mass is 326 g/mol. The number of fused-ring (bicyclic) bond motifs is 1. The predicted octanol–water partition coefficient (Wildman–Crippen LogP) is 3.50. The summed E-state index contributed by atoms with van der Waals surface area (Å²) >= 11 is 1.48. The fourth-order valence-corrected chi connectivity index (χ4v) is 3.13. The second-order valence-electron chi connectivity index (χ2n) is 5.11. The molecule has 23 heavy (non-hydrogen) atoms. The van der Waals surface area contributed by atoms with Crippen molar-refractivity contribution in [1.82, 2.24) is 15.2 Å². The summed E-state index contributed by atoms with van der Waals surface area (Å²) in [6.45, 7) is 2.35. The van der Waals surface area contributed by atoms with Gasteiger partial charge >= 0.3 is 0 Å². The van der Waals surface area contributed by atoms with Crippen molar-refractivity contribution in [3.05, 3.63) is 48.2 Å². The van der Waals surface area contributed by atoms with Gasteiger partial charge in [0.15, 0.2) is 16.5 Å². The summed E-state index contributed by atoms with van der Waals surface area (Å²) in [6.07, 6.45) is 1.75. The molecule has 116 valence electrons. The Balaban J connectivity index is 1.51. The third-order valence-electron chi connectivity index (χ3n) is 3.55. The number of benzene rings is 1. The van der Waals surface area contributed by atoms with Crippen molar-refractivity contribution < 1.29 is 9.47 Å². The van der Waals surface area contributed by atoms with Gasteiger partial charge in [-0.05, 0) is 36.8 Å². The lowest BCUT2D eigenvalue weighted by atomic mass is 10.1. The first-order valence-electron chi connectivity index (χ1n) is 7.20. The number of aromatic nitrogens is 3. The summed E-state index contributed by atoms with van der Waals surface area (Å²) in [5.74, 6) is 1.57. The highest BCUT2D eigenvalue weighted by Crippen LogP contribution is 2.35. The fourth-order valence-electron chi connectivity index (χ4n) is 2.33. The van der Waals surface area contributed by atoms with E-state index in [-0.39, 0.29) is 12.8 Å². The Hall–Kier alpha value is -2.67. The molecule has 1 N–H and O–H groups in total. The van der Waals surface area contributed by atoms with Gasteiger partial charge in [-0.25, -0.2) is 0 Å². The SMILES string of the molecule is CC(Nc1nnc(-c2ccccn2)s1)c1ccc2c(c1)OCO2. The third-order valence-corrected chi connectivity index (χ3v) is 4.42. The molecule has 0 fully saturated rings. The van der Waals surface area contributed by atoms with Gasteiger partial charge < -0.3 is 14.8 Å². The van der Waals surface area contributed by atoms with Gasteiger partial charge in [-0.15, -0.1) is 10.2 Å². The van der Waals surface area contributed by atoms with Crippen LogP contribution in [0.15, 0.2) is 42.6 Å². The molecular formula is C16H14N4O2S. The summed E-state index contributed by atoms with van der Waals surface area (Å²) in [4.78, 5) is 4.29. The Morgan fingerprint density at radius 3 is 2.91 bits per heavy atom. The minimum Gasteiger partial charge on any atom is -0.454 e. The summed E-state index contributed by atoms with van der Waals surface area (Å²) in [5, 5.41) is 13.3. The molecule has 2 aromatic heterocycles. The van der Waals surface area contributed by atoms with E-state index in [0.29, 0.717) is 0 Å². The zero-order valence-electron chi connectivity index (χ0n) is 12.4. The third kappa shape index (κ3) is 2.83. The van der Waals surface area contributed by atoms with Crippen LogP contribution in [0.5, 0.6) is 11.5 Å². The van der Waals surface area contributed by atoms with Crippen LogP contribution < -0.4 is 14.8 Å². The highest BCUT2D eigenvalue weighted by molar-refractivity contribution is 7.18. The number of nitrogens with zero attached hydrogens (tertiary/aromatic N) is 3. The van der Waals surface area contributed by atoms with Crippen LogP contribution in [-0.4, -0.2) is 22.0 Å². The van der Waals surface area contributed by atoms with Crippen molar-refractivity contribution >= 4 is 16.5 Å². The molecule has 1 aliphatic rings. The van der Waals surface area contributed by atoms with Crippen molar-refractivity contribution in [2.45, 2.75) is 13.0 Å². The summed E-state index contributed by atoms with van der Waals surface area (Å²) in [6, 6.07) is 11.7. The van der Waals surface area contributed by atoms with E-state index in [1.807, 2.05) is 36.4 Å². The minimum absolute atomic E-state index is 0.0778. The second kappa shape index (κ2) is 5.85. The van der Waals surface area contributed by atoms with Gasteiger partial charge in [0.2, 0.25) is 11.9 Å². The lowest BCUT2D eigenvalue weighted by Crippen LogP contribution is -2.06. The van der Waals surface area contributed by atoms with Crippen LogP contribution in [0.25, 0.3) is 10.7 Å². The standard InChI is InChI=1S/C16H14N4O2S/c1-10(11-5-6-13-14(8-11)22-9-21-13)18-16-20-19-15(23-16)12-4-2-3-7-17-12/h2-8,10H,9H2,1H3,(H,18,20). The molecule has 6 nitrogen and oxygen atoms in total. The maximum Gasteiger partial charge on any atom is 0.231 e. The molecule has 0 amide bonds. The van der Waals surface area contributed by atoms with E-state index in [0.717, 1.165) is 32.9 Å².